The molecule has 35 heavy (non-hydrogen) atoms. The average Bonchev–Trinajstić information content (AvgIpc) is 3.56. The maximum Gasteiger partial charge on any atom is 0.309 e. The molecule has 0 amide bonds. The van der Waals surface area contributed by atoms with Crippen LogP contribution < -0.4 is 0 Å². The molecular formula is C28H48O7. The Bertz CT molecular complexity index is 731. The van der Waals surface area contributed by atoms with Gasteiger partial charge in [-0.3, -0.25) is 4.79 Å². The van der Waals surface area contributed by atoms with Crippen molar-refractivity contribution in [1.29, 1.82) is 0 Å². The fourth-order valence-electron chi connectivity index (χ4n) is 4.99. The molecule has 0 aliphatic carbocycles. The number of aliphatic hydroxyl groups is 4. The third kappa shape index (κ3) is 9.29. The highest BCUT2D eigenvalue weighted by atomic mass is 16.6. The minimum absolute atomic E-state index is 0.0601. The molecule has 7 nitrogen and oxygen atoms in total. The molecule has 7 heteroatoms. The zero-order valence-corrected chi connectivity index (χ0v) is 22.4. The smallest absolute Gasteiger partial charge is 0.309 e. The van der Waals surface area contributed by atoms with Gasteiger partial charge in [-0.15, -0.1) is 0 Å². The molecule has 0 unspecified atom stereocenters. The minimum Gasteiger partial charge on any atom is -0.457 e. The number of esters is 1. The summed E-state index contributed by atoms with van der Waals surface area (Å²) in [5, 5.41) is 41.3. The fourth-order valence-corrected chi connectivity index (χ4v) is 4.99. The van der Waals surface area contributed by atoms with Gasteiger partial charge in [-0.2, -0.15) is 0 Å². The van der Waals surface area contributed by atoms with Crippen LogP contribution in [0, 0.1) is 17.8 Å². The van der Waals surface area contributed by atoms with Crippen LogP contribution in [0.4, 0.5) is 0 Å². The van der Waals surface area contributed by atoms with Gasteiger partial charge in [0.2, 0.25) is 0 Å². The van der Waals surface area contributed by atoms with Crippen LogP contribution in [0.3, 0.4) is 0 Å². The van der Waals surface area contributed by atoms with E-state index in [0.29, 0.717) is 18.8 Å². The largest absolute Gasteiger partial charge is 0.457 e. The van der Waals surface area contributed by atoms with Gasteiger partial charge in [0.15, 0.2) is 0 Å². The zero-order chi connectivity index (χ0) is 26.3. The second-order valence-electron chi connectivity index (χ2n) is 11.2. The normalized spacial score (nSPS) is 38.2. The van der Waals surface area contributed by atoms with Gasteiger partial charge in [0.1, 0.15) is 6.10 Å². The van der Waals surface area contributed by atoms with E-state index in [1.807, 2.05) is 39.8 Å². The quantitative estimate of drug-likeness (QED) is 0.230. The number of allylic oxidation sites excluding steroid dienone is 3. The number of hydrogen-bond acceptors (Lipinski definition) is 7. The summed E-state index contributed by atoms with van der Waals surface area (Å²) >= 11 is 0. The Morgan fingerprint density at radius 3 is 2.57 bits per heavy atom. The van der Waals surface area contributed by atoms with Crippen molar-refractivity contribution in [3.05, 3.63) is 23.8 Å². The molecule has 2 aliphatic rings. The molecule has 2 aliphatic heterocycles. The monoisotopic (exact) mass is 496 g/mol. The first-order valence-electron chi connectivity index (χ1n) is 13.3. The predicted molar refractivity (Wildman–Crippen MR) is 136 cm³/mol. The first kappa shape index (κ1) is 30.0. The molecule has 0 aromatic rings. The van der Waals surface area contributed by atoms with Crippen molar-refractivity contribution in [1.82, 2.24) is 0 Å². The Labute approximate surface area is 211 Å². The summed E-state index contributed by atoms with van der Waals surface area (Å²) in [7, 11) is 0. The molecule has 10 atom stereocenters. The Morgan fingerprint density at radius 1 is 1.23 bits per heavy atom. The van der Waals surface area contributed by atoms with Crippen LogP contribution in [0.1, 0.15) is 86.5 Å². The van der Waals surface area contributed by atoms with Crippen molar-refractivity contribution in [2.75, 3.05) is 0 Å². The molecule has 0 radical (unpaired) electrons. The Balaban J connectivity index is 2.00. The summed E-state index contributed by atoms with van der Waals surface area (Å²) in [5.41, 5.74) is -0.415. The molecule has 2 heterocycles. The number of carbonyl (C=O) groups is 1. The molecule has 4 N–H and O–H groups in total. The number of cyclic esters (lactones) is 1. The lowest BCUT2D eigenvalue weighted by molar-refractivity contribution is -0.153. The number of rotatable bonds is 8. The van der Waals surface area contributed by atoms with Crippen molar-refractivity contribution in [2.45, 2.75) is 129 Å². The van der Waals surface area contributed by atoms with E-state index in [9.17, 15) is 25.2 Å². The van der Waals surface area contributed by atoms with E-state index < -0.39 is 29.9 Å². The Morgan fingerprint density at radius 2 is 1.91 bits per heavy atom. The lowest BCUT2D eigenvalue weighted by Gasteiger charge is -2.33. The van der Waals surface area contributed by atoms with Crippen molar-refractivity contribution in [3.63, 3.8) is 0 Å². The first-order valence-corrected chi connectivity index (χ1v) is 13.3. The average molecular weight is 497 g/mol. The summed E-state index contributed by atoms with van der Waals surface area (Å²) in [6, 6.07) is 0. The maximum atomic E-state index is 12.5. The zero-order valence-electron chi connectivity index (χ0n) is 22.4. The molecule has 0 bridgehead atoms. The van der Waals surface area contributed by atoms with Crippen LogP contribution in [0.2, 0.25) is 0 Å². The van der Waals surface area contributed by atoms with Gasteiger partial charge in [0.25, 0.3) is 0 Å². The van der Waals surface area contributed by atoms with E-state index in [-0.39, 0.29) is 49.4 Å². The number of aliphatic hydroxyl groups excluding tert-OH is 3. The summed E-state index contributed by atoms with van der Waals surface area (Å²) < 4.78 is 11.6. The molecule has 2 rings (SSSR count). The van der Waals surface area contributed by atoms with E-state index >= 15 is 0 Å². The first-order chi connectivity index (χ1) is 16.4. The second kappa shape index (κ2) is 13.3. The number of hydrogen-bond donors (Lipinski definition) is 4. The fraction of sp³-hybridized carbons (Fsp3) is 0.821. The predicted octanol–water partition coefficient (Wildman–Crippen LogP) is 3.67. The molecular weight excluding hydrogens is 448 g/mol. The highest BCUT2D eigenvalue weighted by molar-refractivity contribution is 5.70. The van der Waals surface area contributed by atoms with Crippen LogP contribution in [-0.4, -0.2) is 68.6 Å². The van der Waals surface area contributed by atoms with Crippen molar-refractivity contribution in [3.8, 4) is 0 Å². The summed E-state index contributed by atoms with van der Waals surface area (Å²) in [4.78, 5) is 12.5. The summed E-state index contributed by atoms with van der Waals surface area (Å²) in [5.74, 6) is -0.0826. The topological polar surface area (TPSA) is 120 Å². The van der Waals surface area contributed by atoms with Crippen LogP contribution in [-0.2, 0) is 14.3 Å². The van der Waals surface area contributed by atoms with Gasteiger partial charge in [0.05, 0.1) is 42.5 Å². The van der Waals surface area contributed by atoms with Gasteiger partial charge in [-0.25, -0.2) is 0 Å². The van der Waals surface area contributed by atoms with Crippen LogP contribution in [0.25, 0.3) is 0 Å². The van der Waals surface area contributed by atoms with E-state index in [2.05, 4.69) is 13.0 Å². The van der Waals surface area contributed by atoms with Crippen LogP contribution in [0.15, 0.2) is 23.8 Å². The third-order valence-electron chi connectivity index (χ3n) is 7.79. The standard InChI is InChI=1S/C28H48O7/c1-7-22(30)20(5)27-23(34-27)15-17(2)9-8-10-18(3)26-19(4)11-12-24(31)28(6,33)14-13-21(29)16-25(32)35-26/h8-10,17,19-24,26-27,29-31,33H,7,11-16H2,1-6H3/b9-8+,18-10+/t17-,19+,20-,21-,22+,23-,24+,26-,27-,28-/m1/s1. The van der Waals surface area contributed by atoms with Gasteiger partial charge < -0.3 is 29.9 Å². The third-order valence-corrected chi connectivity index (χ3v) is 7.79. The highest BCUT2D eigenvalue weighted by Gasteiger charge is 2.45. The van der Waals surface area contributed by atoms with Crippen LogP contribution >= 0.6 is 0 Å². The Kier molecular flexibility index (Phi) is 11.4. The van der Waals surface area contributed by atoms with Crippen molar-refractivity contribution >= 4 is 5.97 Å². The van der Waals surface area contributed by atoms with Crippen molar-refractivity contribution < 1.29 is 34.7 Å². The van der Waals surface area contributed by atoms with Gasteiger partial charge in [-0.05, 0) is 69.8 Å². The molecule has 2 saturated heterocycles. The number of ether oxygens (including phenoxy) is 2. The molecule has 2 fully saturated rings. The summed E-state index contributed by atoms with van der Waals surface area (Å²) in [6.45, 7) is 11.6. The highest BCUT2D eigenvalue weighted by Crippen LogP contribution is 2.36. The van der Waals surface area contributed by atoms with Gasteiger partial charge in [0, 0.05) is 5.92 Å². The number of epoxide rings is 1. The lowest BCUT2D eigenvalue weighted by atomic mass is 9.85. The molecule has 0 aromatic carbocycles. The Hall–Kier alpha value is -1.25. The van der Waals surface area contributed by atoms with Crippen molar-refractivity contribution in [2.24, 2.45) is 17.8 Å². The molecule has 0 saturated carbocycles. The number of carbonyl (C=O) groups excluding carboxylic acids is 1. The molecule has 202 valence electrons. The maximum absolute atomic E-state index is 12.5. The van der Waals surface area contributed by atoms with E-state index in [4.69, 9.17) is 9.47 Å². The second-order valence-corrected chi connectivity index (χ2v) is 11.2. The molecule has 0 aromatic heterocycles. The lowest BCUT2D eigenvalue weighted by Crippen LogP contribution is -2.41. The van der Waals surface area contributed by atoms with E-state index in [1.165, 1.54) is 0 Å². The van der Waals surface area contributed by atoms with E-state index in [0.717, 1.165) is 18.4 Å². The van der Waals surface area contributed by atoms with Crippen LogP contribution in [0.5, 0.6) is 0 Å². The van der Waals surface area contributed by atoms with E-state index in [1.54, 1.807) is 6.92 Å². The van der Waals surface area contributed by atoms with Gasteiger partial charge >= 0.3 is 5.97 Å². The molecule has 0 spiro atoms. The van der Waals surface area contributed by atoms with Gasteiger partial charge in [-0.1, -0.05) is 45.9 Å². The SMILES string of the molecule is CC[C@H](O)[C@@H](C)[C@H]1O[C@@H]1C[C@H](C)/C=C/C=C(\C)[C@H]1OC(=O)C[C@H](O)CC[C@@](C)(O)[C@@H](O)CC[C@@H]1C. The summed E-state index contributed by atoms with van der Waals surface area (Å²) in [6.07, 6.45) is 6.60. The minimum atomic E-state index is -1.31.